The molecule has 5 heteroatoms. The first-order valence-electron chi connectivity index (χ1n) is 6.97. The van der Waals surface area contributed by atoms with Crippen LogP contribution in [-0.4, -0.2) is 31.2 Å². The van der Waals surface area contributed by atoms with Crippen LogP contribution in [0.3, 0.4) is 0 Å². The van der Waals surface area contributed by atoms with Crippen molar-refractivity contribution < 1.29 is 14.3 Å². The number of piperidine rings is 1. The van der Waals surface area contributed by atoms with Gasteiger partial charge in [-0.1, -0.05) is 6.07 Å². The molecular weight excluding hydrogens is 259 g/mol. The molecule has 2 atom stereocenters. The van der Waals surface area contributed by atoms with E-state index in [2.05, 4.69) is 5.32 Å². The Morgan fingerprint density at radius 2 is 2.30 bits per heavy atom. The van der Waals surface area contributed by atoms with Gasteiger partial charge in [-0.25, -0.2) is 4.39 Å². The van der Waals surface area contributed by atoms with Gasteiger partial charge in [0.1, 0.15) is 5.82 Å². The Kier molecular flexibility index (Phi) is 4.60. The Balaban J connectivity index is 2.27. The predicted octanol–water partition coefficient (Wildman–Crippen LogP) is 1.84. The molecule has 2 N–H and O–H groups in total. The topological polar surface area (TPSA) is 52.6 Å². The van der Waals surface area contributed by atoms with Crippen LogP contribution in [0.1, 0.15) is 31.4 Å². The Labute approximate surface area is 118 Å². The van der Waals surface area contributed by atoms with Crippen molar-refractivity contribution in [1.29, 1.82) is 0 Å². The van der Waals surface area contributed by atoms with Gasteiger partial charge in [0.25, 0.3) is 0 Å². The molecule has 1 aliphatic heterocycles. The Bertz CT molecular complexity index is 491. The minimum Gasteiger partial charge on any atom is -0.389 e. The van der Waals surface area contributed by atoms with Crippen molar-refractivity contribution in [3.05, 3.63) is 29.6 Å². The second-order valence-electron chi connectivity index (χ2n) is 5.25. The molecule has 1 amide bonds. The molecule has 1 aliphatic rings. The van der Waals surface area contributed by atoms with Crippen LogP contribution in [0.4, 0.5) is 10.1 Å². The minimum absolute atomic E-state index is 0.0182. The largest absolute Gasteiger partial charge is 0.389 e. The van der Waals surface area contributed by atoms with Crippen molar-refractivity contribution in [1.82, 2.24) is 5.32 Å². The summed E-state index contributed by atoms with van der Waals surface area (Å²) in [6.45, 7) is 2.89. The molecule has 1 aromatic carbocycles. The summed E-state index contributed by atoms with van der Waals surface area (Å²) >= 11 is 0. The van der Waals surface area contributed by atoms with Crippen LogP contribution >= 0.6 is 0 Å². The highest BCUT2D eigenvalue weighted by atomic mass is 19.1. The number of amides is 1. The zero-order chi connectivity index (χ0) is 14.7. The molecule has 0 aliphatic carbocycles. The van der Waals surface area contributed by atoms with Crippen LogP contribution in [-0.2, 0) is 4.79 Å². The number of aliphatic hydroxyl groups is 1. The van der Waals surface area contributed by atoms with E-state index in [0.717, 1.165) is 19.4 Å². The summed E-state index contributed by atoms with van der Waals surface area (Å²) < 4.78 is 13.9. The first-order valence-corrected chi connectivity index (χ1v) is 6.97. The smallest absolute Gasteiger partial charge is 0.224 e. The van der Waals surface area contributed by atoms with Gasteiger partial charge in [0, 0.05) is 31.4 Å². The highest BCUT2D eigenvalue weighted by Gasteiger charge is 2.27. The van der Waals surface area contributed by atoms with E-state index in [1.165, 1.54) is 6.07 Å². The minimum atomic E-state index is -0.869. The summed E-state index contributed by atoms with van der Waals surface area (Å²) in [7, 11) is 1.63. The first kappa shape index (κ1) is 14.8. The van der Waals surface area contributed by atoms with Crippen LogP contribution < -0.4 is 10.2 Å². The van der Waals surface area contributed by atoms with Gasteiger partial charge in [0.05, 0.1) is 12.0 Å². The highest BCUT2D eigenvalue weighted by molar-refractivity contribution is 5.79. The van der Waals surface area contributed by atoms with E-state index in [1.807, 2.05) is 4.90 Å². The van der Waals surface area contributed by atoms with E-state index in [0.29, 0.717) is 17.8 Å². The van der Waals surface area contributed by atoms with E-state index >= 15 is 0 Å². The molecule has 0 spiro atoms. The lowest BCUT2D eigenvalue weighted by Crippen LogP contribution is -2.42. The van der Waals surface area contributed by atoms with Crippen molar-refractivity contribution in [2.45, 2.75) is 25.9 Å². The second-order valence-corrected chi connectivity index (χ2v) is 5.25. The molecule has 1 aromatic rings. The fraction of sp³-hybridized carbons (Fsp3) is 0.533. The molecule has 0 saturated carbocycles. The van der Waals surface area contributed by atoms with Crippen LogP contribution in [0.25, 0.3) is 0 Å². The van der Waals surface area contributed by atoms with Crippen molar-refractivity contribution in [2.24, 2.45) is 5.92 Å². The van der Waals surface area contributed by atoms with Gasteiger partial charge in [0.2, 0.25) is 5.91 Å². The number of aliphatic hydroxyl groups excluding tert-OH is 1. The molecular formula is C15H21FN2O2. The van der Waals surface area contributed by atoms with Gasteiger partial charge < -0.3 is 15.3 Å². The molecule has 2 rings (SSSR count). The van der Waals surface area contributed by atoms with Gasteiger partial charge in [-0.3, -0.25) is 4.79 Å². The number of rotatable bonds is 3. The normalized spacial score (nSPS) is 20.6. The van der Waals surface area contributed by atoms with Crippen LogP contribution in [0.5, 0.6) is 0 Å². The summed E-state index contributed by atoms with van der Waals surface area (Å²) in [6.07, 6.45) is 0.857. The van der Waals surface area contributed by atoms with Crippen molar-refractivity contribution in [3.8, 4) is 0 Å². The predicted molar refractivity (Wildman–Crippen MR) is 76.0 cm³/mol. The standard InChI is InChI=1S/C15H21FN2O2/c1-10(19)14-12(16)6-3-7-13(14)18-8-4-5-11(9-18)15(20)17-2/h3,6-7,10-11,19H,4-5,8-9H2,1-2H3,(H,17,20)/t10-,11?/m1/s1. The van der Waals surface area contributed by atoms with Crippen LogP contribution in [0, 0.1) is 11.7 Å². The van der Waals surface area contributed by atoms with Gasteiger partial charge in [-0.2, -0.15) is 0 Å². The van der Waals surface area contributed by atoms with Gasteiger partial charge in [0.15, 0.2) is 0 Å². The number of nitrogens with one attached hydrogen (secondary N) is 1. The highest BCUT2D eigenvalue weighted by Crippen LogP contribution is 2.31. The monoisotopic (exact) mass is 280 g/mol. The lowest BCUT2D eigenvalue weighted by Gasteiger charge is -2.35. The Morgan fingerprint density at radius 3 is 2.95 bits per heavy atom. The molecule has 20 heavy (non-hydrogen) atoms. The molecule has 1 fully saturated rings. The van der Waals surface area contributed by atoms with E-state index < -0.39 is 11.9 Å². The second kappa shape index (κ2) is 6.22. The Morgan fingerprint density at radius 1 is 1.55 bits per heavy atom. The lowest BCUT2D eigenvalue weighted by atomic mass is 9.95. The molecule has 1 unspecified atom stereocenters. The lowest BCUT2D eigenvalue weighted by molar-refractivity contribution is -0.124. The van der Waals surface area contributed by atoms with E-state index in [9.17, 15) is 14.3 Å². The Hall–Kier alpha value is -1.62. The maximum Gasteiger partial charge on any atom is 0.224 e. The summed E-state index contributed by atoms with van der Waals surface area (Å²) in [5, 5.41) is 12.5. The van der Waals surface area contributed by atoms with E-state index in [1.54, 1.807) is 26.1 Å². The summed E-state index contributed by atoms with van der Waals surface area (Å²) in [5.41, 5.74) is 0.999. The van der Waals surface area contributed by atoms with E-state index in [4.69, 9.17) is 0 Å². The average Bonchev–Trinajstić information content (AvgIpc) is 2.45. The SMILES string of the molecule is CNC(=O)C1CCCN(c2cccc(F)c2[C@@H](C)O)C1. The van der Waals surface area contributed by atoms with Crippen LogP contribution in [0.2, 0.25) is 0 Å². The molecule has 4 nitrogen and oxygen atoms in total. The number of carbonyl (C=O) groups excluding carboxylic acids is 1. The third kappa shape index (κ3) is 2.93. The number of anilines is 1. The molecule has 1 saturated heterocycles. The quantitative estimate of drug-likeness (QED) is 0.888. The molecule has 0 bridgehead atoms. The van der Waals surface area contributed by atoms with E-state index in [-0.39, 0.29) is 11.8 Å². The van der Waals surface area contributed by atoms with Crippen molar-refractivity contribution in [3.63, 3.8) is 0 Å². The van der Waals surface area contributed by atoms with Crippen LogP contribution in [0.15, 0.2) is 18.2 Å². The van der Waals surface area contributed by atoms with Crippen molar-refractivity contribution >= 4 is 11.6 Å². The summed E-state index contributed by atoms with van der Waals surface area (Å²) in [6, 6.07) is 4.79. The maximum atomic E-state index is 13.9. The third-order valence-electron chi connectivity index (χ3n) is 3.83. The number of halogens is 1. The molecule has 110 valence electrons. The average molecular weight is 280 g/mol. The fourth-order valence-corrected chi connectivity index (χ4v) is 2.83. The number of carbonyl (C=O) groups is 1. The summed E-state index contributed by atoms with van der Waals surface area (Å²) in [4.78, 5) is 13.8. The number of hydrogen-bond donors (Lipinski definition) is 2. The molecule has 0 radical (unpaired) electrons. The van der Waals surface area contributed by atoms with Crippen molar-refractivity contribution in [2.75, 3.05) is 25.0 Å². The zero-order valence-electron chi connectivity index (χ0n) is 11.9. The molecule has 0 aromatic heterocycles. The number of benzene rings is 1. The zero-order valence-corrected chi connectivity index (χ0v) is 11.9. The summed E-state index contributed by atoms with van der Waals surface area (Å²) in [5.74, 6) is -0.469. The van der Waals surface area contributed by atoms with Gasteiger partial charge in [-0.05, 0) is 31.9 Å². The van der Waals surface area contributed by atoms with Gasteiger partial charge >= 0.3 is 0 Å². The first-order chi connectivity index (χ1) is 9.54. The van der Waals surface area contributed by atoms with Gasteiger partial charge in [-0.15, -0.1) is 0 Å². The molecule has 1 heterocycles. The number of hydrogen-bond acceptors (Lipinski definition) is 3. The number of nitrogens with zero attached hydrogens (tertiary/aromatic N) is 1. The third-order valence-corrected chi connectivity index (χ3v) is 3.83. The fourth-order valence-electron chi connectivity index (χ4n) is 2.83. The maximum absolute atomic E-state index is 13.9.